The summed E-state index contributed by atoms with van der Waals surface area (Å²) >= 11 is 0. The van der Waals surface area contributed by atoms with Gasteiger partial charge in [-0.05, 0) is 29.7 Å². The number of ether oxygens (including phenoxy) is 2. The Morgan fingerprint density at radius 3 is 2.38 bits per heavy atom. The van der Waals surface area contributed by atoms with E-state index in [0.29, 0.717) is 13.2 Å². The predicted molar refractivity (Wildman–Crippen MR) is 124 cm³/mol. The Bertz CT molecular complexity index is 941. The molecule has 32 heavy (non-hydrogen) atoms. The summed E-state index contributed by atoms with van der Waals surface area (Å²) < 4.78 is 11.6. The normalized spacial score (nSPS) is 16.2. The molecule has 0 spiro atoms. The van der Waals surface area contributed by atoms with Crippen molar-refractivity contribution in [2.24, 2.45) is 0 Å². The molecular weight excluding hydrogens is 402 g/mol. The number of carbonyl (C=O) groups is 1. The van der Waals surface area contributed by atoms with E-state index in [-0.39, 0.29) is 24.7 Å². The minimum atomic E-state index is -0.292. The van der Waals surface area contributed by atoms with E-state index < -0.39 is 0 Å². The van der Waals surface area contributed by atoms with E-state index in [4.69, 9.17) is 9.47 Å². The van der Waals surface area contributed by atoms with Crippen molar-refractivity contribution in [2.45, 2.75) is 25.7 Å². The van der Waals surface area contributed by atoms with Crippen LogP contribution in [0.15, 0.2) is 79.0 Å². The van der Waals surface area contributed by atoms with Crippen LogP contribution in [0.4, 0.5) is 5.82 Å². The number of benzene rings is 2. The quantitative estimate of drug-likeness (QED) is 0.589. The van der Waals surface area contributed by atoms with Crippen LogP contribution in [0.2, 0.25) is 0 Å². The molecular formula is C26H29N3O3. The highest BCUT2D eigenvalue weighted by Gasteiger charge is 2.18. The molecule has 1 aliphatic heterocycles. The van der Waals surface area contributed by atoms with Gasteiger partial charge in [0.1, 0.15) is 18.5 Å². The number of nitrogens with zero attached hydrogens (tertiary/aromatic N) is 2. The summed E-state index contributed by atoms with van der Waals surface area (Å²) in [4.78, 5) is 19.2. The molecule has 6 nitrogen and oxygen atoms in total. The maximum absolute atomic E-state index is 12.5. The largest absolute Gasteiger partial charge is 0.375 e. The monoisotopic (exact) mass is 431 g/mol. The van der Waals surface area contributed by atoms with Crippen molar-refractivity contribution in [2.75, 3.05) is 31.2 Å². The van der Waals surface area contributed by atoms with Crippen LogP contribution in [0.3, 0.4) is 0 Å². The van der Waals surface area contributed by atoms with Gasteiger partial charge in [0.2, 0.25) is 5.91 Å². The van der Waals surface area contributed by atoms with E-state index in [0.717, 1.165) is 35.6 Å². The molecule has 4 rings (SSSR count). The van der Waals surface area contributed by atoms with Crippen molar-refractivity contribution in [1.29, 1.82) is 0 Å². The second-order valence-electron chi connectivity index (χ2n) is 7.94. The molecule has 0 saturated carbocycles. The number of morpholine rings is 1. The van der Waals surface area contributed by atoms with Gasteiger partial charge >= 0.3 is 0 Å². The van der Waals surface area contributed by atoms with Gasteiger partial charge in [0, 0.05) is 25.8 Å². The molecule has 1 N–H and O–H groups in total. The summed E-state index contributed by atoms with van der Waals surface area (Å²) in [6, 6.07) is 23.9. The van der Waals surface area contributed by atoms with Crippen LogP contribution in [0.1, 0.15) is 29.7 Å². The molecule has 0 bridgehead atoms. The zero-order valence-corrected chi connectivity index (χ0v) is 18.3. The first-order chi connectivity index (χ1) is 15.7. The Kier molecular flexibility index (Phi) is 7.48. The molecule has 1 atom stereocenters. The molecule has 0 radical (unpaired) electrons. The van der Waals surface area contributed by atoms with Gasteiger partial charge in [-0.3, -0.25) is 4.79 Å². The van der Waals surface area contributed by atoms with E-state index in [9.17, 15) is 4.79 Å². The Hall–Kier alpha value is -3.22. The lowest BCUT2D eigenvalue weighted by Gasteiger charge is -2.32. The lowest BCUT2D eigenvalue weighted by Crippen LogP contribution is -2.41. The Morgan fingerprint density at radius 2 is 1.78 bits per heavy atom. The van der Waals surface area contributed by atoms with Gasteiger partial charge in [-0.15, -0.1) is 0 Å². The summed E-state index contributed by atoms with van der Waals surface area (Å²) in [6.45, 7) is 4.85. The van der Waals surface area contributed by atoms with Gasteiger partial charge in [-0.1, -0.05) is 66.7 Å². The summed E-state index contributed by atoms with van der Waals surface area (Å²) in [5, 5.41) is 2.93. The van der Waals surface area contributed by atoms with Gasteiger partial charge in [-0.25, -0.2) is 4.98 Å². The fourth-order valence-corrected chi connectivity index (χ4v) is 3.79. The maximum Gasteiger partial charge on any atom is 0.246 e. The van der Waals surface area contributed by atoms with E-state index in [2.05, 4.69) is 22.1 Å². The molecule has 0 aliphatic carbocycles. The molecule has 3 aromatic rings. The third-order valence-electron chi connectivity index (χ3n) is 5.45. The Morgan fingerprint density at radius 1 is 1.09 bits per heavy atom. The zero-order chi connectivity index (χ0) is 22.2. The number of nitrogens with one attached hydrogen (secondary N) is 1. The number of carbonyl (C=O) groups excluding carboxylic acids is 1. The number of anilines is 1. The highest BCUT2D eigenvalue weighted by molar-refractivity contribution is 5.77. The molecule has 6 heteroatoms. The van der Waals surface area contributed by atoms with Crippen molar-refractivity contribution in [3.05, 3.63) is 95.7 Å². The van der Waals surface area contributed by atoms with Gasteiger partial charge in [0.25, 0.3) is 0 Å². The van der Waals surface area contributed by atoms with Gasteiger partial charge in [-0.2, -0.15) is 0 Å². The Labute approximate surface area is 189 Å². The van der Waals surface area contributed by atoms with E-state index in [1.807, 2.05) is 79.0 Å². The number of hydrogen-bond donors (Lipinski definition) is 1. The standard InChI is InChI=1S/C26H29N3O3/c1-20-18-29(14-15-31-20)24-13-12-21(16-27-24)17-28-25(30)19-32-26(22-8-4-2-5-9-22)23-10-6-3-7-11-23/h2-13,16,20,26H,14-15,17-19H2,1H3,(H,28,30). The molecule has 2 aromatic carbocycles. The molecule has 1 aromatic heterocycles. The van der Waals surface area contributed by atoms with Crippen LogP contribution in [-0.2, 0) is 20.8 Å². The highest BCUT2D eigenvalue weighted by atomic mass is 16.5. The second-order valence-corrected chi connectivity index (χ2v) is 7.94. The van der Waals surface area contributed by atoms with Gasteiger partial charge in [0.15, 0.2) is 0 Å². The first-order valence-electron chi connectivity index (χ1n) is 11.0. The topological polar surface area (TPSA) is 63.7 Å². The van der Waals surface area contributed by atoms with Crippen LogP contribution in [0, 0.1) is 0 Å². The van der Waals surface area contributed by atoms with Crippen molar-refractivity contribution in [1.82, 2.24) is 10.3 Å². The summed E-state index contributed by atoms with van der Waals surface area (Å²) in [7, 11) is 0. The molecule has 2 heterocycles. The van der Waals surface area contributed by atoms with E-state index in [1.165, 1.54) is 0 Å². The smallest absolute Gasteiger partial charge is 0.246 e. The van der Waals surface area contributed by atoms with Crippen LogP contribution >= 0.6 is 0 Å². The average molecular weight is 432 g/mol. The molecule has 1 unspecified atom stereocenters. The lowest BCUT2D eigenvalue weighted by molar-refractivity contribution is -0.127. The summed E-state index contributed by atoms with van der Waals surface area (Å²) in [5.74, 6) is 0.778. The summed E-state index contributed by atoms with van der Waals surface area (Å²) in [6.07, 6.45) is 1.73. The number of pyridine rings is 1. The molecule has 166 valence electrons. The van der Waals surface area contributed by atoms with E-state index >= 15 is 0 Å². The van der Waals surface area contributed by atoms with Crippen LogP contribution in [0.25, 0.3) is 0 Å². The van der Waals surface area contributed by atoms with Gasteiger partial charge < -0.3 is 19.7 Å². The number of amides is 1. The third kappa shape index (κ3) is 5.93. The minimum absolute atomic E-state index is 0.0222. The number of rotatable bonds is 8. The van der Waals surface area contributed by atoms with Crippen molar-refractivity contribution >= 4 is 11.7 Å². The fraction of sp³-hybridized carbons (Fsp3) is 0.308. The lowest BCUT2D eigenvalue weighted by atomic mass is 10.0. The first kappa shape index (κ1) is 22.0. The summed E-state index contributed by atoms with van der Waals surface area (Å²) in [5.41, 5.74) is 2.98. The van der Waals surface area contributed by atoms with E-state index in [1.54, 1.807) is 0 Å². The average Bonchev–Trinajstić information content (AvgIpc) is 2.84. The molecule has 1 aliphatic rings. The van der Waals surface area contributed by atoms with Gasteiger partial charge in [0.05, 0.1) is 12.7 Å². The minimum Gasteiger partial charge on any atom is -0.375 e. The van der Waals surface area contributed by atoms with Crippen molar-refractivity contribution in [3.8, 4) is 0 Å². The Balaban J connectivity index is 1.30. The first-order valence-corrected chi connectivity index (χ1v) is 11.0. The molecule has 1 fully saturated rings. The third-order valence-corrected chi connectivity index (χ3v) is 5.45. The zero-order valence-electron chi connectivity index (χ0n) is 18.3. The van der Waals surface area contributed by atoms with Crippen LogP contribution in [0.5, 0.6) is 0 Å². The van der Waals surface area contributed by atoms with Crippen LogP contribution in [-0.4, -0.2) is 43.3 Å². The SMILES string of the molecule is CC1CN(c2ccc(CNC(=O)COC(c3ccccc3)c3ccccc3)cn2)CCO1. The number of hydrogen-bond acceptors (Lipinski definition) is 5. The second kappa shape index (κ2) is 10.9. The maximum atomic E-state index is 12.5. The molecule has 1 saturated heterocycles. The predicted octanol–water partition coefficient (Wildman–Crippen LogP) is 3.73. The molecule has 1 amide bonds. The number of aromatic nitrogens is 1. The van der Waals surface area contributed by atoms with Crippen molar-refractivity contribution in [3.63, 3.8) is 0 Å². The van der Waals surface area contributed by atoms with Crippen LogP contribution < -0.4 is 10.2 Å². The highest BCUT2D eigenvalue weighted by Crippen LogP contribution is 2.25. The fourth-order valence-electron chi connectivity index (χ4n) is 3.79. The van der Waals surface area contributed by atoms with Crippen molar-refractivity contribution < 1.29 is 14.3 Å².